The molecule has 1 aliphatic heterocycles. The van der Waals surface area contributed by atoms with E-state index in [-0.39, 0.29) is 12.1 Å². The Morgan fingerprint density at radius 2 is 1.79 bits per heavy atom. The zero-order chi connectivity index (χ0) is 16.9. The first-order chi connectivity index (χ1) is 11.6. The molecule has 2 aromatic rings. The van der Waals surface area contributed by atoms with Crippen molar-refractivity contribution in [3.8, 4) is 0 Å². The van der Waals surface area contributed by atoms with Gasteiger partial charge in [-0.25, -0.2) is 4.79 Å². The number of hydrogen-bond acceptors (Lipinski definition) is 3. The molecule has 1 aliphatic rings. The molecule has 0 unspecified atom stereocenters. The molecule has 126 valence electrons. The number of amides is 2. The van der Waals surface area contributed by atoms with Crippen molar-refractivity contribution in [1.29, 1.82) is 0 Å². The van der Waals surface area contributed by atoms with E-state index in [2.05, 4.69) is 28.2 Å². The number of carbonyl (C=O) groups excluding carboxylic acids is 1. The summed E-state index contributed by atoms with van der Waals surface area (Å²) >= 11 is 0. The Kier molecular flexibility index (Phi) is 5.11. The number of aryl methyl sites for hydroxylation is 1. The fourth-order valence-electron chi connectivity index (χ4n) is 2.96. The van der Waals surface area contributed by atoms with Crippen LogP contribution in [-0.2, 0) is 0 Å². The summed E-state index contributed by atoms with van der Waals surface area (Å²) in [5, 5.41) is 2.97. The Bertz CT molecular complexity index is 664. The molecule has 3 rings (SSSR count). The van der Waals surface area contributed by atoms with Gasteiger partial charge in [-0.1, -0.05) is 23.8 Å². The second-order valence-electron chi connectivity index (χ2n) is 6.25. The van der Waals surface area contributed by atoms with Crippen LogP contribution in [0.3, 0.4) is 0 Å². The Labute approximate surface area is 143 Å². The first-order valence-electron chi connectivity index (χ1n) is 8.41. The summed E-state index contributed by atoms with van der Waals surface area (Å²) in [6, 6.07) is 14.1. The number of urea groups is 1. The lowest BCUT2D eigenvalue weighted by Crippen LogP contribution is -2.50. The highest BCUT2D eigenvalue weighted by Gasteiger charge is 2.25. The van der Waals surface area contributed by atoms with Crippen molar-refractivity contribution in [2.45, 2.75) is 19.9 Å². The number of pyridine rings is 1. The van der Waals surface area contributed by atoms with E-state index in [1.165, 1.54) is 5.56 Å². The van der Waals surface area contributed by atoms with Crippen LogP contribution < -0.4 is 5.32 Å². The van der Waals surface area contributed by atoms with E-state index in [0.29, 0.717) is 0 Å². The predicted octanol–water partition coefficient (Wildman–Crippen LogP) is 3.30. The normalized spacial score (nSPS) is 16.7. The van der Waals surface area contributed by atoms with Crippen molar-refractivity contribution in [2.24, 2.45) is 0 Å². The minimum atomic E-state index is -0.0241. The molecule has 5 nitrogen and oxygen atoms in total. The van der Waals surface area contributed by atoms with E-state index in [1.54, 1.807) is 0 Å². The molecule has 2 amide bonds. The summed E-state index contributed by atoms with van der Waals surface area (Å²) in [7, 11) is 0. The second kappa shape index (κ2) is 7.45. The van der Waals surface area contributed by atoms with E-state index in [0.717, 1.165) is 37.6 Å². The van der Waals surface area contributed by atoms with Gasteiger partial charge in [-0.15, -0.1) is 0 Å². The minimum Gasteiger partial charge on any atom is -0.322 e. The van der Waals surface area contributed by atoms with Gasteiger partial charge in [0.2, 0.25) is 0 Å². The molecule has 1 N–H and O–H groups in total. The largest absolute Gasteiger partial charge is 0.322 e. The SMILES string of the molecule is Cc1ccc(NC(=O)N2CCN([C@@H](C)c3ccccn3)CC2)cc1. The molecular formula is C19H24N4O. The van der Waals surface area contributed by atoms with E-state index in [4.69, 9.17) is 0 Å². The van der Waals surface area contributed by atoms with Crippen molar-refractivity contribution in [3.63, 3.8) is 0 Å². The Balaban J connectivity index is 1.53. The maximum absolute atomic E-state index is 12.4. The van der Waals surface area contributed by atoms with Crippen LogP contribution in [0.4, 0.5) is 10.5 Å². The van der Waals surface area contributed by atoms with Gasteiger partial charge < -0.3 is 10.2 Å². The zero-order valence-corrected chi connectivity index (χ0v) is 14.3. The maximum atomic E-state index is 12.4. The molecule has 1 atom stereocenters. The smallest absolute Gasteiger partial charge is 0.321 e. The number of rotatable bonds is 3. The molecule has 0 bridgehead atoms. The van der Waals surface area contributed by atoms with Gasteiger partial charge in [0.25, 0.3) is 0 Å². The Morgan fingerprint density at radius 3 is 2.42 bits per heavy atom. The molecule has 0 saturated carbocycles. The molecule has 24 heavy (non-hydrogen) atoms. The summed E-state index contributed by atoms with van der Waals surface area (Å²) in [6.07, 6.45) is 1.83. The van der Waals surface area contributed by atoms with Crippen LogP contribution in [0.5, 0.6) is 0 Å². The van der Waals surface area contributed by atoms with Crippen LogP contribution in [0.2, 0.25) is 0 Å². The molecule has 2 heterocycles. The van der Waals surface area contributed by atoms with Crippen molar-refractivity contribution in [1.82, 2.24) is 14.8 Å². The van der Waals surface area contributed by atoms with Gasteiger partial charge >= 0.3 is 6.03 Å². The Morgan fingerprint density at radius 1 is 1.08 bits per heavy atom. The average molecular weight is 324 g/mol. The number of aromatic nitrogens is 1. The fourth-order valence-corrected chi connectivity index (χ4v) is 2.96. The van der Waals surface area contributed by atoms with Gasteiger partial charge in [-0.2, -0.15) is 0 Å². The van der Waals surface area contributed by atoms with Gasteiger partial charge in [-0.05, 0) is 38.1 Å². The van der Waals surface area contributed by atoms with Crippen molar-refractivity contribution in [3.05, 3.63) is 59.9 Å². The van der Waals surface area contributed by atoms with Gasteiger partial charge in [0.15, 0.2) is 0 Å². The minimum absolute atomic E-state index is 0.0241. The van der Waals surface area contributed by atoms with Crippen molar-refractivity contribution >= 4 is 11.7 Å². The zero-order valence-electron chi connectivity index (χ0n) is 14.3. The molecular weight excluding hydrogens is 300 g/mol. The third kappa shape index (κ3) is 3.92. The summed E-state index contributed by atoms with van der Waals surface area (Å²) in [5.41, 5.74) is 3.11. The molecule has 1 fully saturated rings. The first-order valence-corrected chi connectivity index (χ1v) is 8.41. The molecule has 0 aliphatic carbocycles. The molecule has 1 aromatic carbocycles. The molecule has 1 saturated heterocycles. The van der Waals surface area contributed by atoms with E-state index in [9.17, 15) is 4.79 Å². The number of nitrogens with one attached hydrogen (secondary N) is 1. The highest BCUT2D eigenvalue weighted by atomic mass is 16.2. The number of nitrogens with zero attached hydrogens (tertiary/aromatic N) is 3. The quantitative estimate of drug-likeness (QED) is 0.942. The lowest BCUT2D eigenvalue weighted by molar-refractivity contribution is 0.118. The van der Waals surface area contributed by atoms with Crippen LogP contribution in [0.1, 0.15) is 24.2 Å². The summed E-state index contributed by atoms with van der Waals surface area (Å²) in [6.45, 7) is 7.39. The van der Waals surface area contributed by atoms with E-state index >= 15 is 0 Å². The standard InChI is InChI=1S/C19H24N4O/c1-15-6-8-17(9-7-15)21-19(24)23-13-11-22(12-14-23)16(2)18-5-3-4-10-20-18/h3-10,16H,11-14H2,1-2H3,(H,21,24)/t16-/m0/s1. The van der Waals surface area contributed by atoms with Crippen molar-refractivity contribution in [2.75, 3.05) is 31.5 Å². The van der Waals surface area contributed by atoms with Gasteiger partial charge in [0.1, 0.15) is 0 Å². The number of hydrogen-bond donors (Lipinski definition) is 1. The number of anilines is 1. The second-order valence-corrected chi connectivity index (χ2v) is 6.25. The van der Waals surface area contributed by atoms with Gasteiger partial charge in [0, 0.05) is 44.1 Å². The number of carbonyl (C=O) groups is 1. The lowest BCUT2D eigenvalue weighted by atomic mass is 10.1. The predicted molar refractivity (Wildman–Crippen MR) is 96.0 cm³/mol. The highest BCUT2D eigenvalue weighted by molar-refractivity contribution is 5.89. The first kappa shape index (κ1) is 16.5. The number of piperazine rings is 1. The maximum Gasteiger partial charge on any atom is 0.321 e. The molecule has 1 aromatic heterocycles. The average Bonchev–Trinajstić information content (AvgIpc) is 2.64. The van der Waals surface area contributed by atoms with Crippen LogP contribution in [0, 0.1) is 6.92 Å². The topological polar surface area (TPSA) is 48.5 Å². The van der Waals surface area contributed by atoms with E-state index < -0.39 is 0 Å². The third-order valence-electron chi connectivity index (χ3n) is 4.57. The summed E-state index contributed by atoms with van der Waals surface area (Å²) < 4.78 is 0. The molecule has 0 radical (unpaired) electrons. The fraction of sp³-hybridized carbons (Fsp3) is 0.368. The van der Waals surface area contributed by atoms with Gasteiger partial charge in [0.05, 0.1) is 5.69 Å². The lowest BCUT2D eigenvalue weighted by Gasteiger charge is -2.37. The highest BCUT2D eigenvalue weighted by Crippen LogP contribution is 2.20. The van der Waals surface area contributed by atoms with E-state index in [1.807, 2.05) is 54.4 Å². The molecule has 5 heteroatoms. The van der Waals surface area contributed by atoms with Crippen LogP contribution in [-0.4, -0.2) is 47.0 Å². The van der Waals surface area contributed by atoms with Crippen molar-refractivity contribution < 1.29 is 4.79 Å². The summed E-state index contributed by atoms with van der Waals surface area (Å²) in [4.78, 5) is 21.1. The Hall–Kier alpha value is -2.40. The third-order valence-corrected chi connectivity index (χ3v) is 4.57. The van der Waals surface area contributed by atoms with Crippen LogP contribution in [0.15, 0.2) is 48.7 Å². The summed E-state index contributed by atoms with van der Waals surface area (Å²) in [5.74, 6) is 0. The number of benzene rings is 1. The van der Waals surface area contributed by atoms with Gasteiger partial charge in [-0.3, -0.25) is 9.88 Å². The van der Waals surface area contributed by atoms with Crippen LogP contribution >= 0.6 is 0 Å². The molecule has 0 spiro atoms. The monoisotopic (exact) mass is 324 g/mol. The van der Waals surface area contributed by atoms with Crippen LogP contribution in [0.25, 0.3) is 0 Å².